The van der Waals surface area contributed by atoms with Crippen molar-refractivity contribution in [1.29, 1.82) is 0 Å². The number of carbonyl (C=O) groups is 1. The fourth-order valence-corrected chi connectivity index (χ4v) is 3.54. The van der Waals surface area contributed by atoms with E-state index in [1.807, 2.05) is 78.6 Å². The molecule has 4 rings (SSSR count). The number of nitrogens with one attached hydrogen (secondary N) is 1. The van der Waals surface area contributed by atoms with E-state index in [-0.39, 0.29) is 5.91 Å². The third kappa shape index (κ3) is 5.43. The van der Waals surface area contributed by atoms with Gasteiger partial charge in [0.1, 0.15) is 11.6 Å². The average Bonchev–Trinajstić information content (AvgIpc) is 2.83. The van der Waals surface area contributed by atoms with Crippen LogP contribution >= 0.6 is 0 Å². The molecule has 1 aliphatic heterocycles. The van der Waals surface area contributed by atoms with Gasteiger partial charge in [0.15, 0.2) is 0 Å². The van der Waals surface area contributed by atoms with Crippen molar-refractivity contribution in [2.24, 2.45) is 0 Å². The maximum absolute atomic E-state index is 12.5. The monoisotopic (exact) mass is 429 g/mol. The molecule has 2 heterocycles. The number of nitrogens with zero attached hydrogens (tertiary/aromatic N) is 4. The first-order valence-electron chi connectivity index (χ1n) is 10.6. The third-order valence-corrected chi connectivity index (χ3v) is 5.30. The van der Waals surface area contributed by atoms with E-state index in [2.05, 4.69) is 15.2 Å². The molecule has 1 aliphatic rings. The summed E-state index contributed by atoms with van der Waals surface area (Å²) in [5.41, 5.74) is 2.83. The summed E-state index contributed by atoms with van der Waals surface area (Å²) in [7, 11) is 1.65. The summed E-state index contributed by atoms with van der Waals surface area (Å²) in [5, 5.41) is 3.33. The molecule has 0 spiro atoms. The lowest BCUT2D eigenvalue weighted by atomic mass is 10.2. The molecule has 0 unspecified atom stereocenters. The van der Waals surface area contributed by atoms with Gasteiger partial charge in [0.05, 0.1) is 7.11 Å². The zero-order valence-corrected chi connectivity index (χ0v) is 18.4. The molecule has 3 aromatic rings. The number of amides is 1. The van der Waals surface area contributed by atoms with Gasteiger partial charge >= 0.3 is 0 Å². The Morgan fingerprint density at radius 3 is 2.41 bits per heavy atom. The molecule has 1 amide bonds. The molecule has 1 N–H and O–H groups in total. The fourth-order valence-electron chi connectivity index (χ4n) is 3.54. The number of ether oxygens (including phenoxy) is 1. The SMILES string of the molecule is COc1ccc(Nc2cc(C)nc(N3CCN(C(=O)/C=C/c4ccccc4)CC3)n2)cc1. The molecule has 0 atom stereocenters. The van der Waals surface area contributed by atoms with Crippen LogP contribution in [0.25, 0.3) is 6.08 Å². The molecular formula is C25H27N5O2. The third-order valence-electron chi connectivity index (χ3n) is 5.30. The van der Waals surface area contributed by atoms with E-state index < -0.39 is 0 Å². The standard InChI is InChI=1S/C25H27N5O2/c1-19-18-23(27-21-9-11-22(32-2)12-10-21)28-25(26-19)30-16-14-29(15-17-30)24(31)13-8-20-6-4-3-5-7-20/h3-13,18H,14-17H2,1-2H3,(H,26,27,28)/b13-8+. The molecule has 1 fully saturated rings. The van der Waals surface area contributed by atoms with Crippen LogP contribution in [0.4, 0.5) is 17.5 Å². The van der Waals surface area contributed by atoms with E-state index in [1.165, 1.54) is 0 Å². The number of aryl methyl sites for hydroxylation is 1. The Hall–Kier alpha value is -3.87. The topological polar surface area (TPSA) is 70.6 Å². The van der Waals surface area contributed by atoms with E-state index in [4.69, 9.17) is 9.72 Å². The fraction of sp³-hybridized carbons (Fsp3) is 0.240. The Labute approximate surface area is 188 Å². The van der Waals surface area contributed by atoms with Crippen LogP contribution in [0, 0.1) is 6.92 Å². The number of piperazine rings is 1. The van der Waals surface area contributed by atoms with Gasteiger partial charge in [-0.15, -0.1) is 0 Å². The van der Waals surface area contributed by atoms with Crippen molar-refractivity contribution in [3.8, 4) is 5.75 Å². The first-order chi connectivity index (χ1) is 15.6. The van der Waals surface area contributed by atoms with Gasteiger partial charge in [-0.2, -0.15) is 4.98 Å². The second-order valence-corrected chi connectivity index (χ2v) is 7.60. The number of methoxy groups -OCH3 is 1. The molecule has 164 valence electrons. The summed E-state index contributed by atoms with van der Waals surface area (Å²) < 4.78 is 5.21. The maximum atomic E-state index is 12.5. The van der Waals surface area contributed by atoms with E-state index in [0.29, 0.717) is 32.1 Å². The molecule has 7 nitrogen and oxygen atoms in total. The average molecular weight is 430 g/mol. The highest BCUT2D eigenvalue weighted by atomic mass is 16.5. The normalized spacial score (nSPS) is 13.9. The molecule has 1 saturated heterocycles. The predicted octanol–water partition coefficient (Wildman–Crippen LogP) is 3.90. The molecule has 7 heteroatoms. The lowest BCUT2D eigenvalue weighted by Crippen LogP contribution is -2.48. The Morgan fingerprint density at radius 1 is 1.00 bits per heavy atom. The number of aromatic nitrogens is 2. The molecule has 0 saturated carbocycles. The quantitative estimate of drug-likeness (QED) is 0.600. The number of hydrogen-bond acceptors (Lipinski definition) is 6. The molecule has 32 heavy (non-hydrogen) atoms. The summed E-state index contributed by atoms with van der Waals surface area (Å²) in [6.45, 7) is 4.61. The minimum Gasteiger partial charge on any atom is -0.497 e. The van der Waals surface area contributed by atoms with Gasteiger partial charge in [-0.05, 0) is 42.8 Å². The Balaban J connectivity index is 1.37. The van der Waals surface area contributed by atoms with Gasteiger partial charge in [-0.1, -0.05) is 30.3 Å². The highest BCUT2D eigenvalue weighted by Crippen LogP contribution is 2.21. The minimum absolute atomic E-state index is 0.0283. The van der Waals surface area contributed by atoms with Crippen LogP contribution in [0.1, 0.15) is 11.3 Å². The van der Waals surface area contributed by atoms with Crippen molar-refractivity contribution in [3.63, 3.8) is 0 Å². The van der Waals surface area contributed by atoms with Crippen molar-refractivity contribution in [2.45, 2.75) is 6.92 Å². The number of carbonyl (C=O) groups excluding carboxylic acids is 1. The van der Waals surface area contributed by atoms with E-state index in [0.717, 1.165) is 28.5 Å². The Kier molecular flexibility index (Phi) is 6.65. The molecular weight excluding hydrogens is 402 g/mol. The van der Waals surface area contributed by atoms with Crippen molar-refractivity contribution in [1.82, 2.24) is 14.9 Å². The summed E-state index contributed by atoms with van der Waals surface area (Å²) in [6.07, 6.45) is 3.50. The zero-order valence-electron chi connectivity index (χ0n) is 18.4. The van der Waals surface area contributed by atoms with Crippen LogP contribution in [0.2, 0.25) is 0 Å². The van der Waals surface area contributed by atoms with Gasteiger partial charge in [-0.25, -0.2) is 4.98 Å². The van der Waals surface area contributed by atoms with E-state index in [9.17, 15) is 4.79 Å². The molecule has 0 radical (unpaired) electrons. The van der Waals surface area contributed by atoms with E-state index >= 15 is 0 Å². The predicted molar refractivity (Wildman–Crippen MR) is 127 cm³/mol. The van der Waals surface area contributed by atoms with Gasteiger partial charge in [0.2, 0.25) is 11.9 Å². The Bertz CT molecular complexity index is 1080. The molecule has 1 aromatic heterocycles. The number of anilines is 3. The van der Waals surface area contributed by atoms with Crippen LogP contribution in [-0.4, -0.2) is 54.1 Å². The van der Waals surface area contributed by atoms with Gasteiger partial charge in [-0.3, -0.25) is 4.79 Å². The molecule has 0 aliphatic carbocycles. The second-order valence-electron chi connectivity index (χ2n) is 7.60. The van der Waals surface area contributed by atoms with Crippen LogP contribution in [-0.2, 0) is 4.79 Å². The smallest absolute Gasteiger partial charge is 0.246 e. The number of benzene rings is 2. The van der Waals surface area contributed by atoms with Gasteiger partial charge in [0.25, 0.3) is 0 Å². The first kappa shape index (κ1) is 21.4. The molecule has 0 bridgehead atoms. The van der Waals surface area contributed by atoms with Crippen molar-refractivity contribution in [2.75, 3.05) is 43.5 Å². The zero-order chi connectivity index (χ0) is 22.3. The van der Waals surface area contributed by atoms with Crippen molar-refractivity contribution >= 4 is 29.4 Å². The van der Waals surface area contributed by atoms with Gasteiger partial charge in [0, 0.05) is 49.7 Å². The van der Waals surface area contributed by atoms with E-state index in [1.54, 1.807) is 13.2 Å². The lowest BCUT2D eigenvalue weighted by Gasteiger charge is -2.34. The van der Waals surface area contributed by atoms with Crippen LogP contribution in [0.15, 0.2) is 66.7 Å². The first-order valence-corrected chi connectivity index (χ1v) is 10.6. The summed E-state index contributed by atoms with van der Waals surface area (Å²) in [6, 6.07) is 19.5. The lowest BCUT2D eigenvalue weighted by molar-refractivity contribution is -0.126. The summed E-state index contributed by atoms with van der Waals surface area (Å²) >= 11 is 0. The Morgan fingerprint density at radius 2 is 1.72 bits per heavy atom. The largest absolute Gasteiger partial charge is 0.497 e. The van der Waals surface area contributed by atoms with Crippen molar-refractivity contribution < 1.29 is 9.53 Å². The highest BCUT2D eigenvalue weighted by molar-refractivity contribution is 5.91. The maximum Gasteiger partial charge on any atom is 0.246 e. The molecule has 2 aromatic carbocycles. The van der Waals surface area contributed by atoms with Crippen LogP contribution < -0.4 is 15.0 Å². The number of rotatable bonds is 6. The number of hydrogen-bond donors (Lipinski definition) is 1. The van der Waals surface area contributed by atoms with Crippen LogP contribution in [0.5, 0.6) is 5.75 Å². The highest BCUT2D eigenvalue weighted by Gasteiger charge is 2.22. The second kappa shape index (κ2) is 9.96. The minimum atomic E-state index is 0.0283. The van der Waals surface area contributed by atoms with Crippen LogP contribution in [0.3, 0.4) is 0 Å². The van der Waals surface area contributed by atoms with Gasteiger partial charge < -0.3 is 19.9 Å². The summed E-state index contributed by atoms with van der Waals surface area (Å²) in [4.78, 5) is 25.8. The summed E-state index contributed by atoms with van der Waals surface area (Å²) in [5.74, 6) is 2.25. The van der Waals surface area contributed by atoms with Crippen molar-refractivity contribution in [3.05, 3.63) is 78.0 Å².